The number of allylic oxidation sites excluding steroid dienone is 3. The zero-order valence-corrected chi connectivity index (χ0v) is 8.30. The Hall–Kier alpha value is -1.16. The summed E-state index contributed by atoms with van der Waals surface area (Å²) < 4.78 is 0. The van der Waals surface area contributed by atoms with Crippen molar-refractivity contribution >= 4 is 17.7 Å². The van der Waals surface area contributed by atoms with Crippen molar-refractivity contribution < 1.29 is 4.79 Å². The Morgan fingerprint density at radius 3 is 3.21 bits per heavy atom. The Kier molecular flexibility index (Phi) is 1.70. The summed E-state index contributed by atoms with van der Waals surface area (Å²) in [6, 6.07) is 0. The molecular formula is C10H10N2OS. The minimum Gasteiger partial charge on any atom is -0.370 e. The molecule has 0 aromatic rings. The van der Waals surface area contributed by atoms with Gasteiger partial charge in [-0.25, -0.2) is 0 Å². The highest BCUT2D eigenvalue weighted by molar-refractivity contribution is 8.02. The number of carbonyl (C=O) groups excluding carboxylic acids is 1. The van der Waals surface area contributed by atoms with Crippen LogP contribution in [-0.4, -0.2) is 23.1 Å². The lowest BCUT2D eigenvalue weighted by molar-refractivity contribution is -0.120. The third kappa shape index (κ3) is 1.04. The molecule has 2 heterocycles. The maximum absolute atomic E-state index is 11.6. The molecule has 0 aromatic heterocycles. The summed E-state index contributed by atoms with van der Waals surface area (Å²) in [6.45, 7) is 0.555. The smallest absolute Gasteiger partial charge is 0.240 e. The van der Waals surface area contributed by atoms with Gasteiger partial charge in [0.15, 0.2) is 0 Å². The monoisotopic (exact) mass is 206 g/mol. The molecule has 0 saturated carbocycles. The number of fused-ring (bicyclic) bond motifs is 2. The Labute approximate surface area is 86.3 Å². The minimum atomic E-state index is -0.0313. The number of thioether (sulfide) groups is 1. The second-order valence-electron chi connectivity index (χ2n) is 3.44. The molecule has 4 heteroatoms. The topological polar surface area (TPSA) is 41.1 Å². The van der Waals surface area contributed by atoms with Crippen molar-refractivity contribution in [3.05, 3.63) is 35.6 Å². The van der Waals surface area contributed by atoms with Crippen LogP contribution in [0.15, 0.2) is 35.6 Å². The number of carbonyl (C=O) groups is 1. The molecule has 3 nitrogen and oxygen atoms in total. The van der Waals surface area contributed by atoms with Gasteiger partial charge in [0.2, 0.25) is 5.91 Å². The summed E-state index contributed by atoms with van der Waals surface area (Å²) in [7, 11) is 0. The summed E-state index contributed by atoms with van der Waals surface area (Å²) in [5, 5.41) is 6.39. The lowest BCUT2D eigenvalue weighted by atomic mass is 10.0. The lowest BCUT2D eigenvalue weighted by Crippen LogP contribution is -2.47. The molecule has 72 valence electrons. The highest BCUT2D eigenvalue weighted by Crippen LogP contribution is 2.41. The predicted octanol–water partition coefficient (Wildman–Crippen LogP) is 0.527. The molecule has 3 aliphatic rings. The van der Waals surface area contributed by atoms with Gasteiger partial charge in [0.05, 0.1) is 11.9 Å². The van der Waals surface area contributed by atoms with E-state index in [1.54, 1.807) is 11.8 Å². The van der Waals surface area contributed by atoms with Crippen molar-refractivity contribution in [1.82, 2.24) is 10.6 Å². The van der Waals surface area contributed by atoms with Gasteiger partial charge in [-0.1, -0.05) is 24.3 Å². The van der Waals surface area contributed by atoms with Gasteiger partial charge in [-0.3, -0.25) is 4.79 Å². The average Bonchev–Trinajstić information content (AvgIpc) is 2.59. The fraction of sp³-hybridized carbons (Fsp3) is 0.300. The molecule has 3 rings (SSSR count). The van der Waals surface area contributed by atoms with E-state index in [1.807, 2.05) is 12.2 Å². The van der Waals surface area contributed by atoms with Gasteiger partial charge in [0.1, 0.15) is 5.25 Å². The van der Waals surface area contributed by atoms with Crippen molar-refractivity contribution in [3.8, 4) is 0 Å². The van der Waals surface area contributed by atoms with Crippen LogP contribution >= 0.6 is 11.8 Å². The van der Waals surface area contributed by atoms with Crippen LogP contribution in [0.25, 0.3) is 0 Å². The highest BCUT2D eigenvalue weighted by Gasteiger charge is 2.38. The van der Waals surface area contributed by atoms with E-state index in [9.17, 15) is 4.79 Å². The normalized spacial score (nSPS) is 33.6. The molecule has 2 atom stereocenters. The van der Waals surface area contributed by atoms with Crippen molar-refractivity contribution in [1.29, 1.82) is 0 Å². The Balaban J connectivity index is 2.04. The van der Waals surface area contributed by atoms with Crippen LogP contribution in [0, 0.1) is 0 Å². The second kappa shape index (κ2) is 2.92. The lowest BCUT2D eigenvalue weighted by Gasteiger charge is -2.22. The van der Waals surface area contributed by atoms with Gasteiger partial charge in [-0.2, -0.15) is 0 Å². The van der Waals surface area contributed by atoms with Crippen LogP contribution in [0.5, 0.6) is 0 Å². The number of nitrogens with one attached hydrogen (secondary N) is 2. The molecule has 1 aliphatic carbocycles. The largest absolute Gasteiger partial charge is 0.370 e. The van der Waals surface area contributed by atoms with Gasteiger partial charge < -0.3 is 10.6 Å². The molecule has 1 saturated heterocycles. The fourth-order valence-corrected chi connectivity index (χ4v) is 3.35. The molecule has 2 aliphatic heterocycles. The highest BCUT2D eigenvalue weighted by atomic mass is 32.2. The molecule has 1 amide bonds. The van der Waals surface area contributed by atoms with E-state index in [0.717, 1.165) is 5.70 Å². The number of hydrogen-bond acceptors (Lipinski definition) is 3. The summed E-state index contributed by atoms with van der Waals surface area (Å²) in [5.41, 5.74) is 2.36. The Bertz CT molecular complexity index is 384. The van der Waals surface area contributed by atoms with E-state index < -0.39 is 0 Å². The summed E-state index contributed by atoms with van der Waals surface area (Å²) in [5.74, 6) is 0.132. The van der Waals surface area contributed by atoms with Gasteiger partial charge in [0, 0.05) is 5.70 Å². The minimum absolute atomic E-state index is 0.0313. The standard InChI is InChI=1S/C10H10N2OS/c13-10-9-8(11-5-12-10)6-3-1-2-4-7(6)14-9/h1-4,7,9,11H,5H2,(H,12,13). The van der Waals surface area contributed by atoms with Crippen molar-refractivity contribution in [2.24, 2.45) is 0 Å². The first kappa shape index (κ1) is 8.17. The maximum Gasteiger partial charge on any atom is 0.240 e. The summed E-state index contributed by atoms with van der Waals surface area (Å²) in [4.78, 5) is 11.6. The number of hydrogen-bond donors (Lipinski definition) is 2. The quantitative estimate of drug-likeness (QED) is 0.607. The first-order chi connectivity index (χ1) is 6.86. The zero-order valence-electron chi connectivity index (χ0n) is 7.49. The predicted molar refractivity (Wildman–Crippen MR) is 56.6 cm³/mol. The van der Waals surface area contributed by atoms with Gasteiger partial charge in [-0.05, 0) is 5.57 Å². The van der Waals surface area contributed by atoms with Crippen molar-refractivity contribution in [3.63, 3.8) is 0 Å². The molecule has 0 bridgehead atoms. The molecule has 0 aromatic carbocycles. The fourth-order valence-electron chi connectivity index (χ4n) is 1.96. The Morgan fingerprint density at radius 1 is 1.36 bits per heavy atom. The van der Waals surface area contributed by atoms with E-state index in [1.165, 1.54) is 5.57 Å². The van der Waals surface area contributed by atoms with E-state index >= 15 is 0 Å². The van der Waals surface area contributed by atoms with Crippen LogP contribution in [-0.2, 0) is 4.79 Å². The van der Waals surface area contributed by atoms with Crippen LogP contribution in [0.4, 0.5) is 0 Å². The third-order valence-electron chi connectivity index (χ3n) is 2.61. The molecular weight excluding hydrogens is 196 g/mol. The Morgan fingerprint density at radius 2 is 2.29 bits per heavy atom. The van der Waals surface area contributed by atoms with Crippen LogP contribution in [0.3, 0.4) is 0 Å². The molecule has 14 heavy (non-hydrogen) atoms. The van der Waals surface area contributed by atoms with Crippen LogP contribution in [0.2, 0.25) is 0 Å². The first-order valence-corrected chi connectivity index (χ1v) is 5.56. The number of rotatable bonds is 0. The molecule has 2 unspecified atom stereocenters. The van der Waals surface area contributed by atoms with Crippen molar-refractivity contribution in [2.45, 2.75) is 10.5 Å². The molecule has 0 radical (unpaired) electrons. The maximum atomic E-state index is 11.6. The third-order valence-corrected chi connectivity index (χ3v) is 4.04. The van der Waals surface area contributed by atoms with E-state index in [0.29, 0.717) is 11.9 Å². The van der Waals surface area contributed by atoms with Crippen LogP contribution < -0.4 is 10.6 Å². The SMILES string of the molecule is O=C1NCNC2=C3C=CC=CC3SC12. The molecule has 0 spiro atoms. The van der Waals surface area contributed by atoms with Gasteiger partial charge in [0.25, 0.3) is 0 Å². The summed E-state index contributed by atoms with van der Waals surface area (Å²) in [6.07, 6.45) is 8.30. The molecule has 2 N–H and O–H groups in total. The van der Waals surface area contributed by atoms with Crippen LogP contribution in [0.1, 0.15) is 0 Å². The van der Waals surface area contributed by atoms with Gasteiger partial charge >= 0.3 is 0 Å². The van der Waals surface area contributed by atoms with E-state index in [-0.39, 0.29) is 11.2 Å². The summed E-state index contributed by atoms with van der Waals surface area (Å²) >= 11 is 1.70. The first-order valence-electron chi connectivity index (χ1n) is 4.62. The zero-order chi connectivity index (χ0) is 9.54. The second-order valence-corrected chi connectivity index (χ2v) is 4.70. The average molecular weight is 206 g/mol. The van der Waals surface area contributed by atoms with E-state index in [2.05, 4.69) is 22.8 Å². The van der Waals surface area contributed by atoms with Gasteiger partial charge in [-0.15, -0.1) is 11.8 Å². The van der Waals surface area contributed by atoms with Crippen molar-refractivity contribution in [2.75, 3.05) is 6.67 Å². The molecule has 1 fully saturated rings. The number of amides is 1. The van der Waals surface area contributed by atoms with E-state index in [4.69, 9.17) is 0 Å².